The standard InChI is InChI=1S/C25H47N3O7/c1-18(2)12-20-15-27(19(3)29)16-23(33-4)25(32)22(30)17-34-10-6-5-9-28(20)24(31)14-26-13-21-8-7-11-35-21/h18,20-23,25-26,30,32H,5-17H2,1-4H3/t20-,21?,22+,23+,25+/m0/s1. The van der Waals surface area contributed by atoms with Crippen molar-refractivity contribution >= 4 is 11.8 Å². The van der Waals surface area contributed by atoms with Gasteiger partial charge in [-0.15, -0.1) is 0 Å². The molecule has 2 heterocycles. The molecule has 2 fully saturated rings. The molecule has 0 spiro atoms. The van der Waals surface area contributed by atoms with Crippen LogP contribution in [-0.4, -0.2) is 122 Å². The molecule has 5 atom stereocenters. The Labute approximate surface area is 210 Å². The highest BCUT2D eigenvalue weighted by Crippen LogP contribution is 2.18. The first-order valence-electron chi connectivity index (χ1n) is 13.1. The van der Waals surface area contributed by atoms with Crippen LogP contribution in [0.1, 0.15) is 52.9 Å². The van der Waals surface area contributed by atoms with E-state index in [0.29, 0.717) is 38.6 Å². The predicted octanol–water partition coefficient (Wildman–Crippen LogP) is 0.394. The number of aliphatic hydroxyl groups is 2. The van der Waals surface area contributed by atoms with Crippen LogP contribution in [-0.2, 0) is 23.8 Å². The quantitative estimate of drug-likeness (QED) is 0.458. The molecule has 0 bridgehead atoms. The SMILES string of the molecule is CO[C@@H]1CN(C(C)=O)C[C@H](CC(C)C)N(C(=O)CNCC2CCCO2)CCCCOC[C@@H](O)[C@H]1O. The number of carbonyl (C=O) groups is 2. The van der Waals surface area contributed by atoms with Gasteiger partial charge in [0, 0.05) is 59.5 Å². The fourth-order valence-corrected chi connectivity index (χ4v) is 4.76. The molecule has 0 saturated carbocycles. The monoisotopic (exact) mass is 501 g/mol. The fraction of sp³-hybridized carbons (Fsp3) is 0.920. The summed E-state index contributed by atoms with van der Waals surface area (Å²) in [6, 6.07) is -0.181. The van der Waals surface area contributed by atoms with E-state index in [1.165, 1.54) is 14.0 Å². The number of methoxy groups -OCH3 is 1. The molecule has 0 aliphatic carbocycles. The van der Waals surface area contributed by atoms with Crippen molar-refractivity contribution in [3.05, 3.63) is 0 Å². The molecule has 3 N–H and O–H groups in total. The van der Waals surface area contributed by atoms with Gasteiger partial charge >= 0.3 is 0 Å². The van der Waals surface area contributed by atoms with E-state index in [0.717, 1.165) is 32.3 Å². The van der Waals surface area contributed by atoms with Gasteiger partial charge in [0.15, 0.2) is 0 Å². The molecular formula is C25H47N3O7. The Bertz CT molecular complexity index is 630. The third-order valence-corrected chi connectivity index (χ3v) is 6.76. The number of nitrogens with one attached hydrogen (secondary N) is 1. The molecule has 10 nitrogen and oxygen atoms in total. The van der Waals surface area contributed by atoms with Gasteiger partial charge in [-0.1, -0.05) is 13.8 Å². The molecule has 0 radical (unpaired) electrons. The van der Waals surface area contributed by atoms with E-state index in [4.69, 9.17) is 14.2 Å². The van der Waals surface area contributed by atoms with Crippen molar-refractivity contribution in [1.82, 2.24) is 15.1 Å². The van der Waals surface area contributed by atoms with Crippen LogP contribution in [0.3, 0.4) is 0 Å². The Balaban J connectivity index is 2.19. The second kappa shape index (κ2) is 15.7. The van der Waals surface area contributed by atoms with Crippen LogP contribution in [0.4, 0.5) is 0 Å². The van der Waals surface area contributed by atoms with E-state index in [9.17, 15) is 19.8 Å². The number of hydrogen-bond donors (Lipinski definition) is 3. The summed E-state index contributed by atoms with van der Waals surface area (Å²) < 4.78 is 16.7. The lowest BCUT2D eigenvalue weighted by Gasteiger charge is -2.38. The Hall–Kier alpha value is -1.30. The topological polar surface area (TPSA) is 121 Å². The lowest BCUT2D eigenvalue weighted by atomic mass is 10.00. The molecule has 0 aromatic heterocycles. The third kappa shape index (κ3) is 10.3. The van der Waals surface area contributed by atoms with Crippen molar-refractivity contribution in [2.75, 3.05) is 59.7 Å². The summed E-state index contributed by atoms with van der Waals surface area (Å²) >= 11 is 0. The molecule has 2 amide bonds. The molecule has 2 rings (SSSR count). The van der Waals surface area contributed by atoms with Gasteiger partial charge in [-0.25, -0.2) is 0 Å². The summed E-state index contributed by atoms with van der Waals surface area (Å²) in [5.41, 5.74) is 0. The van der Waals surface area contributed by atoms with Crippen molar-refractivity contribution < 1.29 is 34.0 Å². The lowest BCUT2D eigenvalue weighted by molar-refractivity contribution is -0.142. The number of hydrogen-bond acceptors (Lipinski definition) is 8. The third-order valence-electron chi connectivity index (χ3n) is 6.76. The summed E-state index contributed by atoms with van der Waals surface area (Å²) in [5, 5.41) is 24.2. The van der Waals surface area contributed by atoms with Gasteiger partial charge in [-0.3, -0.25) is 9.59 Å². The molecule has 204 valence electrons. The van der Waals surface area contributed by atoms with Crippen molar-refractivity contribution in [2.24, 2.45) is 5.92 Å². The van der Waals surface area contributed by atoms with Crippen molar-refractivity contribution in [2.45, 2.75) is 83.3 Å². The minimum absolute atomic E-state index is 0.00362. The Kier molecular flexibility index (Phi) is 13.5. The number of aliphatic hydroxyl groups excluding tert-OH is 2. The molecule has 2 aliphatic rings. The summed E-state index contributed by atoms with van der Waals surface area (Å²) in [4.78, 5) is 29.5. The van der Waals surface area contributed by atoms with E-state index >= 15 is 0 Å². The van der Waals surface area contributed by atoms with Crippen molar-refractivity contribution in [3.8, 4) is 0 Å². The van der Waals surface area contributed by atoms with E-state index in [1.807, 2.05) is 4.90 Å². The first-order chi connectivity index (χ1) is 16.7. The molecule has 0 aromatic rings. The Morgan fingerprint density at radius 3 is 2.54 bits per heavy atom. The highest BCUT2D eigenvalue weighted by Gasteiger charge is 2.32. The largest absolute Gasteiger partial charge is 0.388 e. The number of ether oxygens (including phenoxy) is 3. The smallest absolute Gasteiger partial charge is 0.236 e. The fourth-order valence-electron chi connectivity index (χ4n) is 4.76. The molecule has 10 heteroatoms. The lowest BCUT2D eigenvalue weighted by Crippen LogP contribution is -2.54. The van der Waals surface area contributed by atoms with Gasteiger partial charge in [-0.05, 0) is 38.0 Å². The van der Waals surface area contributed by atoms with Crippen LogP contribution in [0, 0.1) is 5.92 Å². The number of rotatable bonds is 7. The van der Waals surface area contributed by atoms with Crippen LogP contribution in [0.25, 0.3) is 0 Å². The zero-order chi connectivity index (χ0) is 25.8. The van der Waals surface area contributed by atoms with E-state index in [2.05, 4.69) is 19.2 Å². The second-order valence-electron chi connectivity index (χ2n) is 10.2. The highest BCUT2D eigenvalue weighted by atomic mass is 16.5. The maximum absolute atomic E-state index is 13.4. The first kappa shape index (κ1) is 29.9. The van der Waals surface area contributed by atoms with Crippen LogP contribution in [0.5, 0.6) is 0 Å². The average Bonchev–Trinajstić information content (AvgIpc) is 3.32. The average molecular weight is 502 g/mol. The highest BCUT2D eigenvalue weighted by molar-refractivity contribution is 5.79. The van der Waals surface area contributed by atoms with Crippen molar-refractivity contribution in [1.29, 1.82) is 0 Å². The maximum Gasteiger partial charge on any atom is 0.236 e. The summed E-state index contributed by atoms with van der Waals surface area (Å²) in [5.74, 6) is 0.149. The minimum Gasteiger partial charge on any atom is -0.388 e. The summed E-state index contributed by atoms with van der Waals surface area (Å²) in [6.07, 6.45) is 1.32. The second-order valence-corrected chi connectivity index (χ2v) is 10.2. The number of amides is 2. The zero-order valence-electron chi connectivity index (χ0n) is 22.0. The molecule has 35 heavy (non-hydrogen) atoms. The van der Waals surface area contributed by atoms with E-state index in [1.54, 1.807) is 4.90 Å². The Morgan fingerprint density at radius 1 is 1.14 bits per heavy atom. The van der Waals surface area contributed by atoms with E-state index < -0.39 is 18.3 Å². The number of nitrogens with zero attached hydrogens (tertiary/aromatic N) is 2. The minimum atomic E-state index is -1.20. The van der Waals surface area contributed by atoms with Gasteiger partial charge in [-0.2, -0.15) is 0 Å². The molecular weight excluding hydrogens is 454 g/mol. The number of carbonyl (C=O) groups excluding carboxylic acids is 2. The van der Waals surface area contributed by atoms with Crippen LogP contribution >= 0.6 is 0 Å². The van der Waals surface area contributed by atoms with Crippen LogP contribution in [0.2, 0.25) is 0 Å². The first-order valence-corrected chi connectivity index (χ1v) is 13.1. The predicted molar refractivity (Wildman–Crippen MR) is 132 cm³/mol. The van der Waals surface area contributed by atoms with E-state index in [-0.39, 0.29) is 43.7 Å². The van der Waals surface area contributed by atoms with Crippen LogP contribution in [0.15, 0.2) is 0 Å². The Morgan fingerprint density at radius 2 is 1.91 bits per heavy atom. The van der Waals surface area contributed by atoms with Gasteiger partial charge < -0.3 is 39.5 Å². The van der Waals surface area contributed by atoms with Gasteiger partial charge in [0.25, 0.3) is 0 Å². The summed E-state index contributed by atoms with van der Waals surface area (Å²) in [7, 11) is 1.45. The zero-order valence-corrected chi connectivity index (χ0v) is 22.0. The maximum atomic E-state index is 13.4. The van der Waals surface area contributed by atoms with Crippen LogP contribution < -0.4 is 5.32 Å². The molecule has 2 saturated heterocycles. The van der Waals surface area contributed by atoms with Crippen molar-refractivity contribution in [3.63, 3.8) is 0 Å². The van der Waals surface area contributed by atoms with Gasteiger partial charge in [0.05, 0.1) is 19.3 Å². The molecule has 1 unspecified atom stereocenters. The van der Waals surface area contributed by atoms with Gasteiger partial charge in [0.2, 0.25) is 11.8 Å². The normalized spacial score (nSPS) is 29.9. The summed E-state index contributed by atoms with van der Waals surface area (Å²) in [6.45, 7) is 8.75. The molecule has 2 aliphatic heterocycles. The van der Waals surface area contributed by atoms with Gasteiger partial charge in [0.1, 0.15) is 18.3 Å². The molecule has 0 aromatic carbocycles.